The molecule has 1 aliphatic rings. The van der Waals surface area contributed by atoms with E-state index < -0.39 is 28.8 Å². The number of halogens is 3. The molecule has 0 spiro atoms. The predicted molar refractivity (Wildman–Crippen MR) is 72.5 cm³/mol. The van der Waals surface area contributed by atoms with Gasteiger partial charge in [0.1, 0.15) is 0 Å². The number of rotatable bonds is 4. The fourth-order valence-electron chi connectivity index (χ4n) is 3.33. The Bertz CT molecular complexity index is 511. The zero-order valence-corrected chi connectivity index (χ0v) is 12.0. The molecule has 0 unspecified atom stereocenters. The van der Waals surface area contributed by atoms with Crippen LogP contribution in [-0.4, -0.2) is 11.1 Å². The van der Waals surface area contributed by atoms with E-state index in [0.29, 0.717) is 31.6 Å². The first-order chi connectivity index (χ1) is 9.90. The van der Waals surface area contributed by atoms with Gasteiger partial charge >= 0.3 is 5.97 Å². The Labute approximate surface area is 122 Å². The van der Waals surface area contributed by atoms with Crippen molar-refractivity contribution < 1.29 is 23.1 Å². The second kappa shape index (κ2) is 6.08. The molecule has 2 nitrogen and oxygen atoms in total. The van der Waals surface area contributed by atoms with E-state index in [4.69, 9.17) is 0 Å². The number of carboxylic acid groups (broad SMARTS) is 1. The Morgan fingerprint density at radius 3 is 2.19 bits per heavy atom. The zero-order chi connectivity index (χ0) is 15.6. The van der Waals surface area contributed by atoms with Gasteiger partial charge in [-0.25, -0.2) is 13.2 Å². The van der Waals surface area contributed by atoms with Crippen LogP contribution in [0.1, 0.15) is 51.0 Å². The molecule has 1 fully saturated rings. The lowest BCUT2D eigenvalue weighted by Gasteiger charge is -2.37. The fourth-order valence-corrected chi connectivity index (χ4v) is 3.33. The number of carbonyl (C=O) groups is 1. The maximum Gasteiger partial charge on any atom is 0.314 e. The van der Waals surface area contributed by atoms with Crippen molar-refractivity contribution in [3.05, 3.63) is 35.1 Å². The van der Waals surface area contributed by atoms with Crippen LogP contribution in [0.15, 0.2) is 12.1 Å². The van der Waals surface area contributed by atoms with Gasteiger partial charge in [-0.15, -0.1) is 0 Å². The van der Waals surface area contributed by atoms with Crippen LogP contribution in [0.4, 0.5) is 13.2 Å². The van der Waals surface area contributed by atoms with Crippen molar-refractivity contribution in [3.8, 4) is 0 Å². The Kier molecular flexibility index (Phi) is 4.59. The van der Waals surface area contributed by atoms with Gasteiger partial charge in [-0.1, -0.05) is 19.8 Å². The fraction of sp³-hybridized carbons (Fsp3) is 0.562. The maximum absolute atomic E-state index is 13.4. The molecule has 5 heteroatoms. The molecule has 21 heavy (non-hydrogen) atoms. The van der Waals surface area contributed by atoms with E-state index >= 15 is 0 Å². The third-order valence-electron chi connectivity index (χ3n) is 4.60. The van der Waals surface area contributed by atoms with Crippen LogP contribution in [0.25, 0.3) is 0 Å². The highest BCUT2D eigenvalue weighted by atomic mass is 19.2. The molecule has 0 saturated heterocycles. The van der Waals surface area contributed by atoms with E-state index in [0.717, 1.165) is 25.0 Å². The van der Waals surface area contributed by atoms with Gasteiger partial charge in [-0.05, 0) is 49.3 Å². The van der Waals surface area contributed by atoms with Crippen LogP contribution in [0.5, 0.6) is 0 Å². The standard InChI is InChI=1S/C16H19F3O2/c1-2-3-10-4-6-16(7-5-10,15(20)21)11-8-12(17)14(19)13(18)9-11/h8-10H,2-7H2,1H3,(H,20,21). The van der Waals surface area contributed by atoms with Crippen molar-refractivity contribution in [2.24, 2.45) is 5.92 Å². The smallest absolute Gasteiger partial charge is 0.314 e. The number of carboxylic acids is 1. The predicted octanol–water partition coefficient (Wildman–Crippen LogP) is 4.42. The normalized spacial score (nSPS) is 25.8. The molecule has 0 aliphatic heterocycles. The van der Waals surface area contributed by atoms with Crippen molar-refractivity contribution in [1.29, 1.82) is 0 Å². The Hall–Kier alpha value is -1.52. The van der Waals surface area contributed by atoms with Crippen molar-refractivity contribution in [2.45, 2.75) is 50.9 Å². The quantitative estimate of drug-likeness (QED) is 0.836. The summed E-state index contributed by atoms with van der Waals surface area (Å²) in [6.07, 6.45) is 4.14. The molecule has 0 aromatic heterocycles. The van der Waals surface area contributed by atoms with Gasteiger partial charge in [0.05, 0.1) is 5.41 Å². The molecule has 1 aromatic rings. The maximum atomic E-state index is 13.4. The number of hydrogen-bond acceptors (Lipinski definition) is 1. The van der Waals surface area contributed by atoms with E-state index in [1.54, 1.807) is 0 Å². The van der Waals surface area contributed by atoms with Gasteiger partial charge in [0.25, 0.3) is 0 Å². The van der Waals surface area contributed by atoms with Gasteiger partial charge in [0, 0.05) is 0 Å². The Balaban J connectivity index is 2.35. The number of benzene rings is 1. The highest BCUT2D eigenvalue weighted by Crippen LogP contribution is 2.43. The minimum absolute atomic E-state index is 0.0290. The van der Waals surface area contributed by atoms with Gasteiger partial charge in [-0.2, -0.15) is 0 Å². The average molecular weight is 300 g/mol. The molecule has 0 bridgehead atoms. The van der Waals surface area contributed by atoms with Crippen LogP contribution in [0.3, 0.4) is 0 Å². The molecule has 0 radical (unpaired) electrons. The van der Waals surface area contributed by atoms with Gasteiger partial charge in [-0.3, -0.25) is 4.79 Å². The van der Waals surface area contributed by atoms with Crippen LogP contribution >= 0.6 is 0 Å². The molecule has 2 rings (SSSR count). The summed E-state index contributed by atoms with van der Waals surface area (Å²) in [4.78, 5) is 11.7. The minimum Gasteiger partial charge on any atom is -0.481 e. The third-order valence-corrected chi connectivity index (χ3v) is 4.60. The molecule has 1 aliphatic carbocycles. The van der Waals surface area contributed by atoms with E-state index in [1.165, 1.54) is 0 Å². The van der Waals surface area contributed by atoms with Crippen molar-refractivity contribution in [3.63, 3.8) is 0 Å². The van der Waals surface area contributed by atoms with E-state index in [2.05, 4.69) is 6.92 Å². The monoisotopic (exact) mass is 300 g/mol. The minimum atomic E-state index is -1.56. The van der Waals surface area contributed by atoms with Gasteiger partial charge in [0.15, 0.2) is 17.5 Å². The summed E-state index contributed by atoms with van der Waals surface area (Å²) in [6, 6.07) is 1.65. The van der Waals surface area contributed by atoms with Crippen molar-refractivity contribution in [2.75, 3.05) is 0 Å². The SMILES string of the molecule is CCCC1CCC(C(=O)O)(c2cc(F)c(F)c(F)c2)CC1. The topological polar surface area (TPSA) is 37.3 Å². The summed E-state index contributed by atoms with van der Waals surface area (Å²) in [5.74, 6) is -4.86. The molecule has 1 N–H and O–H groups in total. The van der Waals surface area contributed by atoms with Crippen molar-refractivity contribution in [1.82, 2.24) is 0 Å². The summed E-state index contributed by atoms with van der Waals surface area (Å²) in [5.41, 5.74) is -1.28. The van der Waals surface area contributed by atoms with Crippen LogP contribution in [0.2, 0.25) is 0 Å². The lowest BCUT2D eigenvalue weighted by Crippen LogP contribution is -2.40. The van der Waals surface area contributed by atoms with Crippen LogP contribution in [-0.2, 0) is 10.2 Å². The second-order valence-electron chi connectivity index (χ2n) is 5.87. The summed E-state index contributed by atoms with van der Waals surface area (Å²) in [6.45, 7) is 2.07. The van der Waals surface area contributed by atoms with Crippen molar-refractivity contribution >= 4 is 5.97 Å². The molecular weight excluding hydrogens is 281 g/mol. The lowest BCUT2D eigenvalue weighted by molar-refractivity contribution is -0.145. The first-order valence-corrected chi connectivity index (χ1v) is 7.29. The molecule has 1 saturated carbocycles. The molecule has 1 aromatic carbocycles. The zero-order valence-electron chi connectivity index (χ0n) is 12.0. The molecule has 0 heterocycles. The van der Waals surface area contributed by atoms with E-state index in [9.17, 15) is 23.1 Å². The van der Waals surface area contributed by atoms with E-state index in [1.807, 2.05) is 0 Å². The van der Waals surface area contributed by atoms with Crippen LogP contribution < -0.4 is 0 Å². The Morgan fingerprint density at radius 2 is 1.76 bits per heavy atom. The third kappa shape index (κ3) is 2.92. The first-order valence-electron chi connectivity index (χ1n) is 7.29. The largest absolute Gasteiger partial charge is 0.481 e. The van der Waals surface area contributed by atoms with Crippen LogP contribution in [0, 0.1) is 23.4 Å². The van der Waals surface area contributed by atoms with Gasteiger partial charge in [0.2, 0.25) is 0 Å². The lowest BCUT2D eigenvalue weighted by atomic mass is 9.66. The molecule has 0 amide bonds. The highest BCUT2D eigenvalue weighted by Gasteiger charge is 2.44. The average Bonchev–Trinajstić information content (AvgIpc) is 2.45. The highest BCUT2D eigenvalue weighted by molar-refractivity contribution is 5.81. The number of hydrogen-bond donors (Lipinski definition) is 1. The summed E-state index contributed by atoms with van der Waals surface area (Å²) in [5, 5.41) is 9.57. The second-order valence-corrected chi connectivity index (χ2v) is 5.87. The number of aliphatic carboxylic acids is 1. The first kappa shape index (κ1) is 15.9. The molecule has 116 valence electrons. The van der Waals surface area contributed by atoms with E-state index in [-0.39, 0.29) is 5.56 Å². The molecular formula is C16H19F3O2. The summed E-state index contributed by atoms with van der Waals surface area (Å²) < 4.78 is 39.9. The van der Waals surface area contributed by atoms with Gasteiger partial charge < -0.3 is 5.11 Å². The summed E-state index contributed by atoms with van der Waals surface area (Å²) >= 11 is 0. The Morgan fingerprint density at radius 1 is 1.24 bits per heavy atom. The summed E-state index contributed by atoms with van der Waals surface area (Å²) in [7, 11) is 0. The molecule has 0 atom stereocenters.